The van der Waals surface area contributed by atoms with Crippen molar-refractivity contribution in [2.45, 2.75) is 26.2 Å². The van der Waals surface area contributed by atoms with E-state index < -0.39 is 0 Å². The third kappa shape index (κ3) is 2.94. The van der Waals surface area contributed by atoms with Gasteiger partial charge in [0.2, 0.25) is 0 Å². The topological polar surface area (TPSA) is 62.1 Å². The molecule has 0 unspecified atom stereocenters. The van der Waals surface area contributed by atoms with E-state index in [2.05, 4.69) is 18.3 Å². The van der Waals surface area contributed by atoms with Gasteiger partial charge in [-0.05, 0) is 42.9 Å². The number of anilines is 1. The normalized spacial score (nSPS) is 18.2. The van der Waals surface area contributed by atoms with Crippen LogP contribution < -0.4 is 10.1 Å². The Hall–Kier alpha value is -2.58. The second-order valence-corrected chi connectivity index (χ2v) is 7.72. The van der Waals surface area contributed by atoms with E-state index in [0.717, 1.165) is 36.1 Å². The van der Waals surface area contributed by atoms with Crippen molar-refractivity contribution in [1.29, 1.82) is 5.26 Å². The Balaban J connectivity index is 1.60. The van der Waals surface area contributed by atoms with Crippen LogP contribution in [0.25, 0.3) is 6.08 Å². The van der Waals surface area contributed by atoms with Crippen LogP contribution in [0.5, 0.6) is 5.75 Å². The molecule has 2 aliphatic rings. The maximum atomic E-state index is 12.7. The van der Waals surface area contributed by atoms with Crippen LogP contribution in [0.15, 0.2) is 29.8 Å². The summed E-state index contributed by atoms with van der Waals surface area (Å²) < 4.78 is 5.66. The predicted octanol–water partition coefficient (Wildman–Crippen LogP) is 4.16. The molecule has 4 rings (SSSR count). The molecular weight excluding hydrogens is 332 g/mol. The number of benzene rings is 1. The summed E-state index contributed by atoms with van der Waals surface area (Å²) in [5.74, 6) is 1.22. The highest BCUT2D eigenvalue weighted by molar-refractivity contribution is 7.16. The van der Waals surface area contributed by atoms with Gasteiger partial charge in [-0.1, -0.05) is 25.1 Å². The number of ether oxygens (including phenoxy) is 1. The second-order valence-electron chi connectivity index (χ2n) is 6.62. The number of nitrogens with one attached hydrogen (secondary N) is 1. The molecule has 0 saturated heterocycles. The molecule has 4 nitrogen and oxygen atoms in total. The van der Waals surface area contributed by atoms with Gasteiger partial charge in [-0.3, -0.25) is 4.79 Å². The SMILES string of the molecule is C[C@H]1CCc2c(sc(NC(=O)C3=Cc4ccccc4OC3)c2C#N)C1. The molecule has 2 aromatic rings. The number of carbonyl (C=O) groups excluding carboxylic acids is 1. The summed E-state index contributed by atoms with van der Waals surface area (Å²) in [6.07, 6.45) is 4.87. The number of nitriles is 1. The number of amides is 1. The first-order valence-corrected chi connectivity index (χ1v) is 9.25. The zero-order valence-electron chi connectivity index (χ0n) is 14.0. The van der Waals surface area contributed by atoms with Gasteiger partial charge in [0.1, 0.15) is 23.4 Å². The van der Waals surface area contributed by atoms with Crippen molar-refractivity contribution in [1.82, 2.24) is 0 Å². The number of carbonyl (C=O) groups is 1. The van der Waals surface area contributed by atoms with Gasteiger partial charge in [-0.2, -0.15) is 5.26 Å². The van der Waals surface area contributed by atoms with E-state index in [4.69, 9.17) is 4.74 Å². The van der Waals surface area contributed by atoms with Gasteiger partial charge in [0.15, 0.2) is 0 Å². The Morgan fingerprint density at radius 1 is 1.40 bits per heavy atom. The standard InChI is InChI=1S/C20H18N2O2S/c1-12-6-7-15-16(10-21)20(25-18(15)8-12)22-19(23)14-9-13-4-2-3-5-17(13)24-11-14/h2-5,9,12H,6-8,11H2,1H3,(H,22,23)/t12-/m0/s1. The first-order chi connectivity index (χ1) is 12.2. The lowest BCUT2D eigenvalue weighted by Crippen LogP contribution is -2.21. The molecule has 1 amide bonds. The lowest BCUT2D eigenvalue weighted by atomic mass is 9.88. The number of thiophene rings is 1. The Bertz CT molecular complexity index is 920. The van der Waals surface area contributed by atoms with Crippen molar-refractivity contribution in [3.63, 3.8) is 0 Å². The molecule has 1 N–H and O–H groups in total. The van der Waals surface area contributed by atoms with E-state index in [0.29, 0.717) is 22.1 Å². The van der Waals surface area contributed by atoms with Gasteiger partial charge >= 0.3 is 0 Å². The van der Waals surface area contributed by atoms with E-state index in [1.807, 2.05) is 30.3 Å². The number of fused-ring (bicyclic) bond motifs is 2. The Morgan fingerprint density at radius 2 is 2.24 bits per heavy atom. The van der Waals surface area contributed by atoms with E-state index >= 15 is 0 Å². The Labute approximate surface area is 150 Å². The zero-order chi connectivity index (χ0) is 17.4. The maximum absolute atomic E-state index is 12.7. The van der Waals surface area contributed by atoms with E-state index in [1.54, 1.807) is 11.3 Å². The molecule has 0 saturated carbocycles. The van der Waals surface area contributed by atoms with Gasteiger partial charge in [0, 0.05) is 10.4 Å². The van der Waals surface area contributed by atoms with E-state index in [-0.39, 0.29) is 12.5 Å². The van der Waals surface area contributed by atoms with Crippen molar-refractivity contribution in [2.24, 2.45) is 5.92 Å². The molecule has 1 aliphatic heterocycles. The molecule has 1 aromatic heterocycles. The fourth-order valence-electron chi connectivity index (χ4n) is 3.39. The van der Waals surface area contributed by atoms with E-state index in [9.17, 15) is 10.1 Å². The van der Waals surface area contributed by atoms with Gasteiger partial charge in [0.05, 0.1) is 11.1 Å². The summed E-state index contributed by atoms with van der Waals surface area (Å²) in [6.45, 7) is 2.47. The number of para-hydroxylation sites is 1. The predicted molar refractivity (Wildman–Crippen MR) is 98.8 cm³/mol. The highest BCUT2D eigenvalue weighted by atomic mass is 32.1. The average Bonchev–Trinajstić information content (AvgIpc) is 2.97. The smallest absolute Gasteiger partial charge is 0.255 e. The number of hydrogen-bond donors (Lipinski definition) is 1. The second kappa shape index (κ2) is 6.38. The summed E-state index contributed by atoms with van der Waals surface area (Å²) in [7, 11) is 0. The molecule has 0 spiro atoms. The lowest BCUT2D eigenvalue weighted by molar-refractivity contribution is -0.113. The van der Waals surface area contributed by atoms with Crippen LogP contribution in [0, 0.1) is 17.2 Å². The van der Waals surface area contributed by atoms with Crippen LogP contribution in [0.2, 0.25) is 0 Å². The maximum Gasteiger partial charge on any atom is 0.255 e. The first kappa shape index (κ1) is 15.9. The Kier molecular flexibility index (Phi) is 4.06. The molecule has 25 heavy (non-hydrogen) atoms. The fraction of sp³-hybridized carbons (Fsp3) is 0.300. The summed E-state index contributed by atoms with van der Waals surface area (Å²) in [5.41, 5.74) is 3.24. The first-order valence-electron chi connectivity index (χ1n) is 8.44. The molecule has 1 aliphatic carbocycles. The van der Waals surface area contributed by atoms with Crippen molar-refractivity contribution in [2.75, 3.05) is 11.9 Å². The number of nitrogens with zero attached hydrogens (tertiary/aromatic N) is 1. The highest BCUT2D eigenvalue weighted by Gasteiger charge is 2.26. The van der Waals surface area contributed by atoms with Gasteiger partial charge < -0.3 is 10.1 Å². The largest absolute Gasteiger partial charge is 0.488 e. The van der Waals surface area contributed by atoms with Crippen LogP contribution in [0.3, 0.4) is 0 Å². The number of rotatable bonds is 2. The molecule has 0 fully saturated rings. The summed E-state index contributed by atoms with van der Waals surface area (Å²) in [6, 6.07) is 9.93. The van der Waals surface area contributed by atoms with Gasteiger partial charge in [-0.25, -0.2) is 0 Å². The quantitative estimate of drug-likeness (QED) is 0.884. The van der Waals surface area contributed by atoms with Crippen molar-refractivity contribution < 1.29 is 9.53 Å². The van der Waals surface area contributed by atoms with Crippen molar-refractivity contribution in [3.05, 3.63) is 51.4 Å². The minimum atomic E-state index is -0.197. The molecule has 0 radical (unpaired) electrons. The minimum absolute atomic E-state index is 0.197. The summed E-state index contributed by atoms with van der Waals surface area (Å²) in [5, 5.41) is 13.2. The molecular formula is C20H18N2O2S. The van der Waals surface area contributed by atoms with Gasteiger partial charge in [0.25, 0.3) is 5.91 Å². The van der Waals surface area contributed by atoms with Crippen molar-refractivity contribution >= 4 is 28.3 Å². The van der Waals surface area contributed by atoms with Crippen LogP contribution in [-0.2, 0) is 17.6 Å². The molecule has 5 heteroatoms. The third-order valence-electron chi connectivity index (χ3n) is 4.77. The lowest BCUT2D eigenvalue weighted by Gasteiger charge is -2.17. The van der Waals surface area contributed by atoms with Crippen LogP contribution >= 0.6 is 11.3 Å². The zero-order valence-corrected chi connectivity index (χ0v) is 14.8. The van der Waals surface area contributed by atoms with E-state index in [1.165, 1.54) is 4.88 Å². The van der Waals surface area contributed by atoms with Crippen LogP contribution in [0.1, 0.15) is 34.9 Å². The van der Waals surface area contributed by atoms with Crippen LogP contribution in [-0.4, -0.2) is 12.5 Å². The van der Waals surface area contributed by atoms with Crippen molar-refractivity contribution in [3.8, 4) is 11.8 Å². The monoisotopic (exact) mass is 350 g/mol. The molecule has 1 atom stereocenters. The summed E-state index contributed by atoms with van der Waals surface area (Å²) >= 11 is 1.55. The molecule has 126 valence electrons. The number of hydrogen-bond acceptors (Lipinski definition) is 4. The van der Waals surface area contributed by atoms with Crippen LogP contribution in [0.4, 0.5) is 5.00 Å². The molecule has 2 heterocycles. The summed E-state index contributed by atoms with van der Waals surface area (Å²) in [4.78, 5) is 13.9. The minimum Gasteiger partial charge on any atom is -0.488 e. The average molecular weight is 350 g/mol. The molecule has 0 bridgehead atoms. The third-order valence-corrected chi connectivity index (χ3v) is 5.94. The Morgan fingerprint density at radius 3 is 3.08 bits per heavy atom. The van der Waals surface area contributed by atoms with Gasteiger partial charge in [-0.15, -0.1) is 11.3 Å². The highest BCUT2D eigenvalue weighted by Crippen LogP contribution is 2.39. The molecule has 1 aromatic carbocycles. The fourth-order valence-corrected chi connectivity index (χ4v) is 4.74.